The lowest BCUT2D eigenvalue weighted by Gasteiger charge is -2.06. The molecule has 0 aliphatic carbocycles. The number of halogens is 1. The lowest BCUT2D eigenvalue weighted by Crippen LogP contribution is -2.15. The fourth-order valence-electron chi connectivity index (χ4n) is 2.08. The molecule has 106 valence electrons. The Labute approximate surface area is 120 Å². The first-order chi connectivity index (χ1) is 10.0. The van der Waals surface area contributed by atoms with Gasteiger partial charge < -0.3 is 5.32 Å². The summed E-state index contributed by atoms with van der Waals surface area (Å²) in [6, 6.07) is 9.05. The van der Waals surface area contributed by atoms with Gasteiger partial charge in [0.2, 0.25) is 0 Å². The predicted molar refractivity (Wildman–Crippen MR) is 76.8 cm³/mol. The number of carbonyl (C=O) groups is 1. The number of benzene rings is 1. The van der Waals surface area contributed by atoms with E-state index in [-0.39, 0.29) is 11.7 Å². The van der Waals surface area contributed by atoms with E-state index in [4.69, 9.17) is 0 Å². The Hall–Kier alpha value is -2.76. The van der Waals surface area contributed by atoms with Crippen LogP contribution < -0.4 is 5.32 Å². The van der Waals surface area contributed by atoms with E-state index in [1.807, 2.05) is 19.9 Å². The minimum atomic E-state index is -0.349. The van der Waals surface area contributed by atoms with Gasteiger partial charge in [0.05, 0.1) is 5.69 Å². The average molecular weight is 284 g/mol. The van der Waals surface area contributed by atoms with Gasteiger partial charge in [-0.3, -0.25) is 4.79 Å². The summed E-state index contributed by atoms with van der Waals surface area (Å²) >= 11 is 0. The normalized spacial score (nSPS) is 10.8. The van der Waals surface area contributed by atoms with E-state index >= 15 is 0 Å². The summed E-state index contributed by atoms with van der Waals surface area (Å²) in [5.74, 6) is -0.691. The highest BCUT2D eigenvalue weighted by atomic mass is 19.1. The second-order valence-corrected chi connectivity index (χ2v) is 4.80. The largest absolute Gasteiger partial charge is 0.321 e. The van der Waals surface area contributed by atoms with Crippen molar-refractivity contribution in [3.8, 4) is 0 Å². The molecule has 0 saturated carbocycles. The number of aryl methyl sites for hydroxylation is 2. The lowest BCUT2D eigenvalue weighted by atomic mass is 10.2. The lowest BCUT2D eigenvalue weighted by molar-refractivity contribution is 0.102. The molecular formula is C15H13FN4O. The van der Waals surface area contributed by atoms with Crippen LogP contribution in [0.25, 0.3) is 5.65 Å². The second kappa shape index (κ2) is 4.97. The molecule has 0 fully saturated rings. The van der Waals surface area contributed by atoms with Crippen molar-refractivity contribution in [1.29, 1.82) is 0 Å². The molecule has 0 unspecified atom stereocenters. The zero-order chi connectivity index (χ0) is 15.0. The van der Waals surface area contributed by atoms with Crippen molar-refractivity contribution >= 4 is 17.2 Å². The number of fused-ring (bicyclic) bond motifs is 1. The van der Waals surface area contributed by atoms with Gasteiger partial charge in [0.15, 0.2) is 5.65 Å². The zero-order valence-corrected chi connectivity index (χ0v) is 11.6. The number of rotatable bonds is 2. The van der Waals surface area contributed by atoms with Crippen LogP contribution in [0, 0.1) is 19.7 Å². The highest BCUT2D eigenvalue weighted by Crippen LogP contribution is 2.12. The zero-order valence-electron chi connectivity index (χ0n) is 11.6. The third-order valence-electron chi connectivity index (χ3n) is 3.06. The van der Waals surface area contributed by atoms with Gasteiger partial charge in [0.1, 0.15) is 11.5 Å². The summed E-state index contributed by atoms with van der Waals surface area (Å²) in [6.45, 7) is 3.72. The maximum atomic E-state index is 12.8. The minimum Gasteiger partial charge on any atom is -0.321 e. The molecule has 0 radical (unpaired) electrons. The molecule has 0 saturated heterocycles. The third kappa shape index (κ3) is 2.60. The van der Waals surface area contributed by atoms with Crippen molar-refractivity contribution in [3.63, 3.8) is 0 Å². The second-order valence-electron chi connectivity index (χ2n) is 4.80. The molecule has 3 aromatic rings. The van der Waals surface area contributed by atoms with Gasteiger partial charge in [-0.2, -0.15) is 5.10 Å². The van der Waals surface area contributed by atoms with Gasteiger partial charge in [0, 0.05) is 17.4 Å². The van der Waals surface area contributed by atoms with E-state index in [0.717, 1.165) is 11.4 Å². The quantitative estimate of drug-likeness (QED) is 0.787. The average Bonchev–Trinajstić information content (AvgIpc) is 2.82. The monoisotopic (exact) mass is 284 g/mol. The van der Waals surface area contributed by atoms with E-state index in [1.165, 1.54) is 24.3 Å². The summed E-state index contributed by atoms with van der Waals surface area (Å²) in [7, 11) is 0. The van der Waals surface area contributed by atoms with Crippen LogP contribution in [0.2, 0.25) is 0 Å². The van der Waals surface area contributed by atoms with Crippen LogP contribution in [0.3, 0.4) is 0 Å². The predicted octanol–water partition coefficient (Wildman–Crippen LogP) is 2.74. The molecule has 0 spiro atoms. The number of carbonyl (C=O) groups excluding carboxylic acids is 1. The van der Waals surface area contributed by atoms with Gasteiger partial charge in [-0.25, -0.2) is 13.9 Å². The first kappa shape index (κ1) is 13.2. The molecule has 2 aromatic heterocycles. The molecule has 0 atom stereocenters. The number of amides is 1. The minimum absolute atomic E-state index is 0.296. The molecule has 21 heavy (non-hydrogen) atoms. The molecule has 1 amide bonds. The molecule has 2 heterocycles. The van der Waals surface area contributed by atoms with E-state index < -0.39 is 0 Å². The highest BCUT2D eigenvalue weighted by Gasteiger charge is 2.12. The first-order valence-electron chi connectivity index (χ1n) is 6.44. The number of hydrogen-bond acceptors (Lipinski definition) is 3. The summed E-state index contributed by atoms with van der Waals surface area (Å²) in [5.41, 5.74) is 3.09. The fourth-order valence-corrected chi connectivity index (χ4v) is 2.08. The highest BCUT2D eigenvalue weighted by molar-refractivity contribution is 6.03. The molecule has 0 aliphatic rings. The maximum absolute atomic E-state index is 12.8. The Morgan fingerprint density at radius 3 is 2.62 bits per heavy atom. The van der Waals surface area contributed by atoms with Gasteiger partial charge >= 0.3 is 0 Å². The van der Waals surface area contributed by atoms with Crippen LogP contribution in [-0.4, -0.2) is 20.5 Å². The van der Waals surface area contributed by atoms with Crippen molar-refractivity contribution in [2.75, 3.05) is 5.32 Å². The number of aromatic nitrogens is 3. The van der Waals surface area contributed by atoms with E-state index in [0.29, 0.717) is 17.0 Å². The topological polar surface area (TPSA) is 59.3 Å². The smallest absolute Gasteiger partial charge is 0.274 e. The number of nitrogens with one attached hydrogen (secondary N) is 1. The maximum Gasteiger partial charge on any atom is 0.274 e. The van der Waals surface area contributed by atoms with Crippen molar-refractivity contribution in [2.24, 2.45) is 0 Å². The Balaban J connectivity index is 1.92. The van der Waals surface area contributed by atoms with Crippen LogP contribution >= 0.6 is 0 Å². The molecule has 6 heteroatoms. The van der Waals surface area contributed by atoms with E-state index in [1.54, 1.807) is 10.6 Å². The van der Waals surface area contributed by atoms with Crippen molar-refractivity contribution < 1.29 is 9.18 Å². The van der Waals surface area contributed by atoms with Gasteiger partial charge in [-0.15, -0.1) is 0 Å². The molecule has 1 N–H and O–H groups in total. The summed E-state index contributed by atoms with van der Waals surface area (Å²) in [5, 5.41) is 6.97. The van der Waals surface area contributed by atoms with Crippen LogP contribution in [0.5, 0.6) is 0 Å². The van der Waals surface area contributed by atoms with Crippen LogP contribution in [0.4, 0.5) is 10.1 Å². The Morgan fingerprint density at radius 1 is 1.19 bits per heavy atom. The molecular weight excluding hydrogens is 271 g/mol. The van der Waals surface area contributed by atoms with Crippen molar-refractivity contribution in [3.05, 3.63) is 59.3 Å². The Kier molecular flexibility index (Phi) is 3.13. The number of hydrogen-bond donors (Lipinski definition) is 1. The van der Waals surface area contributed by atoms with Crippen LogP contribution in [0.15, 0.2) is 36.4 Å². The third-order valence-corrected chi connectivity index (χ3v) is 3.06. The van der Waals surface area contributed by atoms with Gasteiger partial charge in [0.25, 0.3) is 5.91 Å². The molecule has 1 aromatic carbocycles. The van der Waals surface area contributed by atoms with Crippen molar-refractivity contribution in [1.82, 2.24) is 14.6 Å². The van der Waals surface area contributed by atoms with E-state index in [2.05, 4.69) is 15.4 Å². The first-order valence-corrected chi connectivity index (χ1v) is 6.44. The summed E-state index contributed by atoms with van der Waals surface area (Å²) < 4.78 is 14.5. The van der Waals surface area contributed by atoms with E-state index in [9.17, 15) is 9.18 Å². The summed E-state index contributed by atoms with van der Waals surface area (Å²) in [6.07, 6.45) is 0. The van der Waals surface area contributed by atoms with Crippen LogP contribution in [-0.2, 0) is 0 Å². The van der Waals surface area contributed by atoms with Gasteiger partial charge in [-0.05, 0) is 44.2 Å². The number of anilines is 1. The molecule has 0 bridgehead atoms. The number of nitrogens with zero attached hydrogens (tertiary/aromatic N) is 3. The summed E-state index contributed by atoms with van der Waals surface area (Å²) in [4.78, 5) is 16.5. The Morgan fingerprint density at radius 2 is 1.90 bits per heavy atom. The van der Waals surface area contributed by atoms with Gasteiger partial charge in [-0.1, -0.05) is 0 Å². The SMILES string of the molecule is Cc1cc2nc(C(=O)Nc3ccc(F)cc3)cc(C)n2n1. The Bertz CT molecular complexity index is 824. The fraction of sp³-hybridized carbons (Fsp3) is 0.133. The molecule has 0 aliphatic heterocycles. The standard InChI is InChI=1S/C15H13FN4O/c1-9-7-14-18-13(8-10(2)20(14)19-9)15(21)17-12-5-3-11(16)4-6-12/h3-8H,1-2H3,(H,17,21). The van der Waals surface area contributed by atoms with Crippen LogP contribution in [0.1, 0.15) is 21.9 Å². The molecule has 5 nitrogen and oxygen atoms in total. The van der Waals surface area contributed by atoms with Crippen molar-refractivity contribution in [2.45, 2.75) is 13.8 Å². The molecule has 3 rings (SSSR count).